The number of allylic oxidation sites excluding steroid dienone is 1. The minimum Gasteiger partial charge on any atom is -0.463 e. The molecule has 0 saturated heterocycles. The third-order valence-corrected chi connectivity index (χ3v) is 3.82. The van der Waals surface area contributed by atoms with E-state index in [0.717, 1.165) is 11.8 Å². The zero-order chi connectivity index (χ0) is 18.5. The Balaban J connectivity index is 2.38. The Morgan fingerprint density at radius 2 is 1.92 bits per heavy atom. The smallest absolute Gasteiger partial charge is 0.330 e. The largest absolute Gasteiger partial charge is 0.463 e. The summed E-state index contributed by atoms with van der Waals surface area (Å²) >= 11 is 0. The molecule has 0 aliphatic heterocycles. The van der Waals surface area contributed by atoms with Gasteiger partial charge in [-0.3, -0.25) is 4.18 Å². The van der Waals surface area contributed by atoms with Crippen LogP contribution >= 0.6 is 0 Å². The van der Waals surface area contributed by atoms with Crippen LogP contribution in [0.4, 0.5) is 0 Å². The molecule has 0 heterocycles. The maximum absolute atomic E-state index is 11.4. The van der Waals surface area contributed by atoms with E-state index in [1.54, 1.807) is 13.0 Å². The topological polar surface area (TPSA) is 78.9 Å². The SMILES string of the molecule is CCOC(=O)/C=C\CC[C@H](CCOCc1ccccc1)OS(C)(=O)=O. The molecule has 0 aromatic heterocycles. The van der Waals surface area contributed by atoms with Crippen LogP contribution in [0.15, 0.2) is 42.5 Å². The van der Waals surface area contributed by atoms with Crippen LogP contribution in [0.1, 0.15) is 31.7 Å². The summed E-state index contributed by atoms with van der Waals surface area (Å²) in [6.07, 6.45) is 4.97. The molecule has 6 nitrogen and oxygen atoms in total. The highest BCUT2D eigenvalue weighted by molar-refractivity contribution is 7.86. The quantitative estimate of drug-likeness (QED) is 0.244. The van der Waals surface area contributed by atoms with Gasteiger partial charge >= 0.3 is 5.97 Å². The standard InChI is InChI=1S/C18H26O6S/c1-3-23-18(19)12-8-7-11-17(24-25(2,20)21)13-14-22-15-16-9-5-4-6-10-16/h4-6,8-10,12,17H,3,7,11,13-15H2,1-2H3/b12-8-/t17-/m1/s1. The average Bonchev–Trinajstić information content (AvgIpc) is 2.55. The summed E-state index contributed by atoms with van der Waals surface area (Å²) in [4.78, 5) is 11.2. The van der Waals surface area contributed by atoms with E-state index in [1.165, 1.54) is 6.08 Å². The van der Waals surface area contributed by atoms with Crippen molar-refractivity contribution in [3.63, 3.8) is 0 Å². The molecule has 7 heteroatoms. The van der Waals surface area contributed by atoms with Gasteiger partial charge in [0.05, 0.1) is 25.6 Å². The van der Waals surface area contributed by atoms with Gasteiger partial charge in [0.1, 0.15) is 0 Å². The molecule has 0 saturated carbocycles. The van der Waals surface area contributed by atoms with E-state index >= 15 is 0 Å². The second-order valence-corrected chi connectivity index (χ2v) is 7.08. The molecule has 0 aliphatic rings. The van der Waals surface area contributed by atoms with Crippen LogP contribution in [0.2, 0.25) is 0 Å². The molecule has 25 heavy (non-hydrogen) atoms. The first kappa shape index (κ1) is 21.3. The van der Waals surface area contributed by atoms with E-state index in [9.17, 15) is 13.2 Å². The van der Waals surface area contributed by atoms with Gasteiger partial charge in [0.15, 0.2) is 0 Å². The van der Waals surface area contributed by atoms with Crippen LogP contribution in [-0.4, -0.2) is 40.0 Å². The molecule has 0 radical (unpaired) electrons. The molecule has 1 aromatic carbocycles. The van der Waals surface area contributed by atoms with Crippen molar-refractivity contribution in [2.45, 2.75) is 38.9 Å². The second-order valence-electron chi connectivity index (χ2n) is 5.48. The molecule has 0 N–H and O–H groups in total. The minimum absolute atomic E-state index is 0.321. The number of rotatable bonds is 12. The fourth-order valence-electron chi connectivity index (χ4n) is 2.12. The van der Waals surface area contributed by atoms with Crippen LogP contribution in [0.5, 0.6) is 0 Å². The first-order valence-corrected chi connectivity index (χ1v) is 10.1. The lowest BCUT2D eigenvalue weighted by Crippen LogP contribution is -2.19. The van der Waals surface area contributed by atoms with Gasteiger partial charge in [-0.25, -0.2) is 4.79 Å². The Kier molecular flexibility index (Phi) is 10.1. The summed E-state index contributed by atoms with van der Waals surface area (Å²) in [6.45, 7) is 2.91. The normalized spacial score (nSPS) is 13.0. The van der Waals surface area contributed by atoms with E-state index in [2.05, 4.69) is 0 Å². The van der Waals surface area contributed by atoms with E-state index in [0.29, 0.717) is 39.1 Å². The number of carbonyl (C=O) groups is 1. The Hall–Kier alpha value is -1.70. The van der Waals surface area contributed by atoms with Gasteiger partial charge in [0.2, 0.25) is 0 Å². The Morgan fingerprint density at radius 1 is 1.20 bits per heavy atom. The van der Waals surface area contributed by atoms with Crippen molar-refractivity contribution in [1.29, 1.82) is 0 Å². The zero-order valence-corrected chi connectivity index (χ0v) is 15.5. The molecule has 0 spiro atoms. The number of hydrogen-bond acceptors (Lipinski definition) is 6. The average molecular weight is 370 g/mol. The van der Waals surface area contributed by atoms with E-state index in [-0.39, 0.29) is 0 Å². The fraction of sp³-hybridized carbons (Fsp3) is 0.500. The van der Waals surface area contributed by atoms with Crippen molar-refractivity contribution in [3.8, 4) is 0 Å². The minimum atomic E-state index is -3.55. The van der Waals surface area contributed by atoms with Gasteiger partial charge in [0.25, 0.3) is 10.1 Å². The van der Waals surface area contributed by atoms with Crippen molar-refractivity contribution in [3.05, 3.63) is 48.0 Å². The molecule has 1 aromatic rings. The lowest BCUT2D eigenvalue weighted by molar-refractivity contribution is -0.137. The van der Waals surface area contributed by atoms with Crippen molar-refractivity contribution in [2.75, 3.05) is 19.5 Å². The maximum Gasteiger partial charge on any atom is 0.330 e. The third kappa shape index (κ3) is 11.5. The van der Waals surface area contributed by atoms with Crippen molar-refractivity contribution >= 4 is 16.1 Å². The molecule has 140 valence electrons. The van der Waals surface area contributed by atoms with Gasteiger partial charge in [0, 0.05) is 12.7 Å². The summed E-state index contributed by atoms with van der Waals surface area (Å²) in [5.74, 6) is -0.408. The monoisotopic (exact) mass is 370 g/mol. The lowest BCUT2D eigenvalue weighted by atomic mass is 10.1. The van der Waals surface area contributed by atoms with Crippen LogP contribution in [-0.2, 0) is 35.2 Å². The highest BCUT2D eigenvalue weighted by Gasteiger charge is 2.15. The van der Waals surface area contributed by atoms with E-state index in [4.69, 9.17) is 13.7 Å². The number of hydrogen-bond donors (Lipinski definition) is 0. The molecular weight excluding hydrogens is 344 g/mol. The van der Waals surface area contributed by atoms with Crippen LogP contribution < -0.4 is 0 Å². The molecular formula is C18H26O6S. The Bertz CT molecular complexity index is 624. The Labute approximate surface area is 149 Å². The van der Waals surface area contributed by atoms with Crippen molar-refractivity contribution in [2.24, 2.45) is 0 Å². The van der Waals surface area contributed by atoms with Gasteiger partial charge in [-0.05, 0) is 31.7 Å². The molecule has 0 unspecified atom stereocenters. The first-order chi connectivity index (χ1) is 11.9. The van der Waals surface area contributed by atoms with E-state index < -0.39 is 22.2 Å². The fourth-order valence-corrected chi connectivity index (χ4v) is 2.81. The second kappa shape index (κ2) is 11.8. The highest BCUT2D eigenvalue weighted by Crippen LogP contribution is 2.12. The van der Waals surface area contributed by atoms with Gasteiger partial charge in [-0.1, -0.05) is 36.4 Å². The molecule has 0 aliphatic carbocycles. The summed E-state index contributed by atoms with van der Waals surface area (Å²) in [5, 5.41) is 0. The number of carbonyl (C=O) groups excluding carboxylic acids is 1. The van der Waals surface area contributed by atoms with Gasteiger partial charge < -0.3 is 9.47 Å². The van der Waals surface area contributed by atoms with Crippen molar-refractivity contribution in [1.82, 2.24) is 0 Å². The Morgan fingerprint density at radius 3 is 2.56 bits per heavy atom. The third-order valence-electron chi connectivity index (χ3n) is 3.20. The molecule has 0 amide bonds. The highest BCUT2D eigenvalue weighted by atomic mass is 32.2. The predicted molar refractivity (Wildman–Crippen MR) is 95.4 cm³/mol. The van der Waals surface area contributed by atoms with Crippen LogP contribution in [0.25, 0.3) is 0 Å². The first-order valence-electron chi connectivity index (χ1n) is 8.24. The summed E-state index contributed by atoms with van der Waals surface area (Å²) in [7, 11) is -3.55. The number of esters is 1. The summed E-state index contributed by atoms with van der Waals surface area (Å²) in [6, 6.07) is 9.73. The number of ether oxygens (including phenoxy) is 2. The lowest BCUT2D eigenvalue weighted by Gasteiger charge is -2.15. The predicted octanol–water partition coefficient (Wildman–Crippen LogP) is 2.84. The molecule has 1 atom stereocenters. The van der Waals surface area contributed by atoms with Gasteiger partial charge in [-0.15, -0.1) is 0 Å². The van der Waals surface area contributed by atoms with Crippen LogP contribution in [0, 0.1) is 0 Å². The summed E-state index contributed by atoms with van der Waals surface area (Å²) < 4.78 is 38.2. The zero-order valence-electron chi connectivity index (χ0n) is 14.7. The van der Waals surface area contributed by atoms with Gasteiger partial charge in [-0.2, -0.15) is 8.42 Å². The molecule has 0 fully saturated rings. The molecule has 0 bridgehead atoms. The van der Waals surface area contributed by atoms with E-state index in [1.807, 2.05) is 30.3 Å². The van der Waals surface area contributed by atoms with Crippen LogP contribution in [0.3, 0.4) is 0 Å². The summed E-state index contributed by atoms with van der Waals surface area (Å²) in [5.41, 5.74) is 1.06. The molecule has 1 rings (SSSR count). The van der Waals surface area contributed by atoms with Crippen molar-refractivity contribution < 1.29 is 26.9 Å². The maximum atomic E-state index is 11.4. The number of benzene rings is 1.